The predicted molar refractivity (Wildman–Crippen MR) is 121 cm³/mol. The van der Waals surface area contributed by atoms with Gasteiger partial charge in [0.1, 0.15) is 16.8 Å². The van der Waals surface area contributed by atoms with Crippen molar-refractivity contribution in [1.82, 2.24) is 0 Å². The van der Waals surface area contributed by atoms with Crippen LogP contribution in [0.5, 0.6) is 0 Å². The monoisotopic (exact) mass is 455 g/mol. The Labute approximate surface area is 185 Å². The van der Waals surface area contributed by atoms with Crippen LogP contribution in [0, 0.1) is 5.82 Å². The molecule has 0 aromatic heterocycles. The number of carbonyl (C=O) groups excluding carboxylic acids is 2. The summed E-state index contributed by atoms with van der Waals surface area (Å²) in [5, 5.41) is 5.41. The van der Waals surface area contributed by atoms with Gasteiger partial charge in [0.2, 0.25) is 5.91 Å². The first kappa shape index (κ1) is 21.1. The quantitative estimate of drug-likeness (QED) is 0.523. The van der Waals surface area contributed by atoms with Crippen LogP contribution in [-0.2, 0) is 15.8 Å². The molecule has 1 aliphatic heterocycles. The topological polar surface area (TPSA) is 87.3 Å². The van der Waals surface area contributed by atoms with E-state index in [9.17, 15) is 18.2 Å². The fourth-order valence-electron chi connectivity index (χ4n) is 2.93. The van der Waals surface area contributed by atoms with Gasteiger partial charge in [-0.25, -0.2) is 8.60 Å². The zero-order valence-corrected chi connectivity index (χ0v) is 18.0. The number of anilines is 3. The van der Waals surface area contributed by atoms with Gasteiger partial charge in [-0.1, -0.05) is 6.07 Å². The standard InChI is InChI=1S/C22H18FN3O3S2/c1-13-21(27)25-19-11-14(5-10-20(19)30-13)22(28)24-16-6-8-18(9-7-16)31(29)26-17-4-2-3-15(23)12-17/h2-13,26H,1H3,(H,24,28)(H,25,27). The summed E-state index contributed by atoms with van der Waals surface area (Å²) in [5.41, 5.74) is 1.97. The highest BCUT2D eigenvalue weighted by molar-refractivity contribution is 8.01. The average Bonchev–Trinajstić information content (AvgIpc) is 2.74. The molecule has 0 bridgehead atoms. The Kier molecular flexibility index (Phi) is 6.06. The first-order valence-electron chi connectivity index (χ1n) is 9.36. The first-order valence-corrected chi connectivity index (χ1v) is 11.4. The van der Waals surface area contributed by atoms with E-state index in [1.165, 1.54) is 30.0 Å². The number of amides is 2. The number of thioether (sulfide) groups is 1. The van der Waals surface area contributed by atoms with Crippen molar-refractivity contribution in [1.29, 1.82) is 0 Å². The molecule has 0 saturated carbocycles. The van der Waals surface area contributed by atoms with E-state index in [0.29, 0.717) is 27.5 Å². The summed E-state index contributed by atoms with van der Waals surface area (Å²) in [6.45, 7) is 1.83. The van der Waals surface area contributed by atoms with E-state index < -0.39 is 16.8 Å². The van der Waals surface area contributed by atoms with Gasteiger partial charge in [-0.15, -0.1) is 11.8 Å². The van der Waals surface area contributed by atoms with Gasteiger partial charge in [0.05, 0.1) is 15.8 Å². The number of rotatable bonds is 5. The second-order valence-corrected chi connectivity index (χ2v) is 9.42. The second kappa shape index (κ2) is 8.91. The van der Waals surface area contributed by atoms with Crippen molar-refractivity contribution < 1.29 is 18.2 Å². The van der Waals surface area contributed by atoms with Crippen molar-refractivity contribution in [3.05, 3.63) is 78.1 Å². The molecule has 31 heavy (non-hydrogen) atoms. The van der Waals surface area contributed by atoms with Gasteiger partial charge in [-0.05, 0) is 67.6 Å². The largest absolute Gasteiger partial charge is 0.324 e. The number of hydrogen-bond acceptors (Lipinski definition) is 4. The lowest BCUT2D eigenvalue weighted by atomic mass is 10.1. The fourth-order valence-corrected chi connectivity index (χ4v) is 4.71. The summed E-state index contributed by atoms with van der Waals surface area (Å²) in [7, 11) is -1.58. The molecule has 9 heteroatoms. The third-order valence-electron chi connectivity index (χ3n) is 4.53. The molecule has 0 spiro atoms. The van der Waals surface area contributed by atoms with Crippen molar-refractivity contribution in [2.75, 3.05) is 15.4 Å². The van der Waals surface area contributed by atoms with Gasteiger partial charge < -0.3 is 15.4 Å². The van der Waals surface area contributed by atoms with Crippen molar-refractivity contribution in [3.8, 4) is 0 Å². The molecule has 2 amide bonds. The molecule has 0 aliphatic carbocycles. The molecule has 158 valence electrons. The third kappa shape index (κ3) is 4.95. The number of fused-ring (bicyclic) bond motifs is 1. The smallest absolute Gasteiger partial charge is 0.255 e. The lowest BCUT2D eigenvalue weighted by Crippen LogP contribution is -2.26. The van der Waals surface area contributed by atoms with E-state index in [4.69, 9.17) is 0 Å². The molecular weight excluding hydrogens is 437 g/mol. The normalized spacial score (nSPS) is 16.1. The van der Waals surface area contributed by atoms with Gasteiger partial charge >= 0.3 is 0 Å². The van der Waals surface area contributed by atoms with E-state index in [0.717, 1.165) is 4.90 Å². The molecule has 3 aromatic rings. The summed E-state index contributed by atoms with van der Waals surface area (Å²) in [6, 6.07) is 17.4. The van der Waals surface area contributed by atoms with Crippen molar-refractivity contribution >= 4 is 51.6 Å². The van der Waals surface area contributed by atoms with Crippen molar-refractivity contribution in [2.45, 2.75) is 22.0 Å². The molecular formula is C22H18FN3O3S2. The van der Waals surface area contributed by atoms with Crippen molar-refractivity contribution in [2.24, 2.45) is 0 Å². The van der Waals surface area contributed by atoms with Gasteiger partial charge in [0.15, 0.2) is 0 Å². The Morgan fingerprint density at radius 3 is 2.58 bits per heavy atom. The molecule has 2 atom stereocenters. The summed E-state index contributed by atoms with van der Waals surface area (Å²) in [5.74, 6) is -0.840. The summed E-state index contributed by atoms with van der Waals surface area (Å²) in [4.78, 5) is 25.9. The van der Waals surface area contributed by atoms with Crippen LogP contribution in [-0.4, -0.2) is 21.3 Å². The SMILES string of the molecule is CC1Sc2ccc(C(=O)Nc3ccc(S(=O)Nc4cccc(F)c4)cc3)cc2NC1=O. The van der Waals surface area contributed by atoms with Crippen LogP contribution >= 0.6 is 11.8 Å². The minimum Gasteiger partial charge on any atom is -0.324 e. The van der Waals surface area contributed by atoms with E-state index in [1.54, 1.807) is 42.5 Å². The minimum atomic E-state index is -1.58. The summed E-state index contributed by atoms with van der Waals surface area (Å²) in [6.07, 6.45) is 0. The third-order valence-corrected chi connectivity index (χ3v) is 6.83. The highest BCUT2D eigenvalue weighted by Crippen LogP contribution is 2.36. The molecule has 0 fully saturated rings. The first-order chi connectivity index (χ1) is 14.9. The molecule has 6 nitrogen and oxygen atoms in total. The fraction of sp³-hybridized carbons (Fsp3) is 0.0909. The Bertz CT molecular complexity index is 1180. The van der Waals surface area contributed by atoms with Crippen molar-refractivity contribution in [3.63, 3.8) is 0 Å². The van der Waals surface area contributed by atoms with Gasteiger partial charge in [0.25, 0.3) is 5.91 Å². The molecule has 2 unspecified atom stereocenters. The second-order valence-electron chi connectivity index (χ2n) is 6.82. The van der Waals surface area contributed by atoms with E-state index in [1.807, 2.05) is 13.0 Å². The maximum atomic E-state index is 13.3. The van der Waals surface area contributed by atoms with E-state index in [-0.39, 0.29) is 17.1 Å². The van der Waals surface area contributed by atoms with Crippen LogP contribution in [0.25, 0.3) is 0 Å². The summed E-state index contributed by atoms with van der Waals surface area (Å²) >= 11 is 1.45. The number of carbonyl (C=O) groups is 2. The van der Waals surface area contributed by atoms with Crippen LogP contribution in [0.3, 0.4) is 0 Å². The summed E-state index contributed by atoms with van der Waals surface area (Å²) < 4.78 is 28.4. The van der Waals surface area contributed by atoms with Gasteiger partial charge in [-0.3, -0.25) is 9.59 Å². The number of hydrogen-bond donors (Lipinski definition) is 3. The number of benzene rings is 3. The minimum absolute atomic E-state index is 0.0921. The Hall–Kier alpha value is -3.17. The van der Waals surface area contributed by atoms with E-state index in [2.05, 4.69) is 15.4 Å². The van der Waals surface area contributed by atoms with Gasteiger partial charge in [0, 0.05) is 21.8 Å². The molecule has 1 aliphatic rings. The average molecular weight is 456 g/mol. The highest BCUT2D eigenvalue weighted by atomic mass is 32.2. The zero-order valence-electron chi connectivity index (χ0n) is 16.3. The van der Waals surface area contributed by atoms with Crippen LogP contribution < -0.4 is 15.4 Å². The molecule has 3 aromatic carbocycles. The Morgan fingerprint density at radius 2 is 1.84 bits per heavy atom. The lowest BCUT2D eigenvalue weighted by molar-refractivity contribution is -0.115. The molecule has 1 heterocycles. The Morgan fingerprint density at radius 1 is 1.06 bits per heavy atom. The molecule has 0 saturated heterocycles. The number of halogens is 1. The lowest BCUT2D eigenvalue weighted by Gasteiger charge is -2.21. The predicted octanol–water partition coefficient (Wildman–Crippen LogP) is 4.65. The molecule has 3 N–H and O–H groups in total. The number of nitrogens with one attached hydrogen (secondary N) is 3. The molecule has 0 radical (unpaired) electrons. The van der Waals surface area contributed by atoms with Crippen LogP contribution in [0.4, 0.5) is 21.5 Å². The maximum absolute atomic E-state index is 13.3. The van der Waals surface area contributed by atoms with Gasteiger partial charge in [-0.2, -0.15) is 0 Å². The van der Waals surface area contributed by atoms with Crippen LogP contribution in [0.1, 0.15) is 17.3 Å². The zero-order chi connectivity index (χ0) is 22.0. The van der Waals surface area contributed by atoms with E-state index >= 15 is 0 Å². The van der Waals surface area contributed by atoms with Crippen LogP contribution in [0.15, 0.2) is 76.5 Å². The van der Waals surface area contributed by atoms with Crippen LogP contribution in [0.2, 0.25) is 0 Å². The maximum Gasteiger partial charge on any atom is 0.255 e. The molecule has 4 rings (SSSR count). The highest BCUT2D eigenvalue weighted by Gasteiger charge is 2.23. The Balaban J connectivity index is 1.42.